The van der Waals surface area contributed by atoms with Crippen molar-refractivity contribution < 1.29 is 13.2 Å². The van der Waals surface area contributed by atoms with Gasteiger partial charge in [0.15, 0.2) is 0 Å². The van der Waals surface area contributed by atoms with Gasteiger partial charge in [-0.05, 0) is 44.7 Å². The minimum absolute atomic E-state index is 0.0514. The van der Waals surface area contributed by atoms with Gasteiger partial charge in [0, 0.05) is 24.8 Å². The zero-order valence-electron chi connectivity index (χ0n) is 14.8. The molecular weight excluding hydrogens is 326 g/mol. The van der Waals surface area contributed by atoms with Crippen molar-refractivity contribution >= 4 is 21.6 Å². The average Bonchev–Trinajstić information content (AvgIpc) is 2.49. The molecule has 2 rings (SSSR count). The molecule has 0 aromatic heterocycles. The Morgan fingerprint density at radius 2 is 1.75 bits per heavy atom. The third-order valence-corrected chi connectivity index (χ3v) is 5.16. The van der Waals surface area contributed by atoms with E-state index in [1.807, 2.05) is 43.9 Å². The van der Waals surface area contributed by atoms with E-state index in [-0.39, 0.29) is 18.0 Å². The quantitative estimate of drug-likeness (QED) is 0.844. The summed E-state index contributed by atoms with van der Waals surface area (Å²) in [5, 5.41) is 3.32. The van der Waals surface area contributed by atoms with E-state index in [9.17, 15) is 13.2 Å². The molecule has 0 aliphatic carbocycles. The minimum Gasteiger partial charge on any atom is -0.373 e. The minimum atomic E-state index is -3.19. The second kappa shape index (κ2) is 7.53. The van der Waals surface area contributed by atoms with Crippen LogP contribution in [-0.4, -0.2) is 50.7 Å². The summed E-state index contributed by atoms with van der Waals surface area (Å²) < 4.78 is 25.2. The molecule has 24 heavy (non-hydrogen) atoms. The van der Waals surface area contributed by atoms with Crippen LogP contribution in [-0.2, 0) is 14.8 Å². The van der Waals surface area contributed by atoms with Crippen LogP contribution < -0.4 is 10.0 Å². The number of benzene rings is 1. The highest BCUT2D eigenvalue weighted by atomic mass is 32.2. The molecule has 1 aliphatic heterocycles. The molecule has 1 atom stereocenters. The molecule has 134 valence electrons. The van der Waals surface area contributed by atoms with Gasteiger partial charge < -0.3 is 10.2 Å². The number of aryl methyl sites for hydroxylation is 2. The van der Waals surface area contributed by atoms with Gasteiger partial charge in [0.25, 0.3) is 0 Å². The summed E-state index contributed by atoms with van der Waals surface area (Å²) in [4.78, 5) is 14.5. The van der Waals surface area contributed by atoms with Crippen LogP contribution in [0.5, 0.6) is 0 Å². The Kier molecular flexibility index (Phi) is 5.87. The van der Waals surface area contributed by atoms with Crippen molar-refractivity contribution in [3.05, 3.63) is 29.3 Å². The second-order valence-electron chi connectivity index (χ2n) is 6.62. The summed E-state index contributed by atoms with van der Waals surface area (Å²) in [5.74, 6) is 0.0514. The molecule has 1 fully saturated rings. The van der Waals surface area contributed by atoms with Crippen LogP contribution in [0.15, 0.2) is 18.2 Å². The number of carbonyl (C=O) groups is 1. The summed E-state index contributed by atoms with van der Waals surface area (Å²) in [6.45, 7) is 7.06. The number of amides is 1. The fourth-order valence-corrected chi connectivity index (χ4v) is 3.96. The zero-order chi connectivity index (χ0) is 17.9. The van der Waals surface area contributed by atoms with Gasteiger partial charge in [-0.3, -0.25) is 4.79 Å². The van der Waals surface area contributed by atoms with Crippen molar-refractivity contribution in [2.45, 2.75) is 45.7 Å². The van der Waals surface area contributed by atoms with Crippen LogP contribution in [0.25, 0.3) is 0 Å². The highest BCUT2D eigenvalue weighted by molar-refractivity contribution is 7.88. The van der Waals surface area contributed by atoms with Crippen LogP contribution in [0.4, 0.5) is 5.69 Å². The second-order valence-corrected chi connectivity index (χ2v) is 8.40. The molecule has 1 aromatic rings. The summed E-state index contributed by atoms with van der Waals surface area (Å²) in [7, 11) is -3.19. The van der Waals surface area contributed by atoms with Gasteiger partial charge in [0.05, 0.1) is 6.26 Å². The molecule has 1 aromatic carbocycles. The summed E-state index contributed by atoms with van der Waals surface area (Å²) in [5.41, 5.74) is 3.24. The van der Waals surface area contributed by atoms with E-state index >= 15 is 0 Å². The Balaban J connectivity index is 1.93. The van der Waals surface area contributed by atoms with E-state index in [0.29, 0.717) is 25.9 Å². The summed E-state index contributed by atoms with van der Waals surface area (Å²) in [6, 6.07) is 5.65. The van der Waals surface area contributed by atoms with Crippen LogP contribution in [0.1, 0.15) is 30.9 Å². The van der Waals surface area contributed by atoms with Crippen molar-refractivity contribution in [3.8, 4) is 0 Å². The zero-order valence-corrected chi connectivity index (χ0v) is 15.6. The first kappa shape index (κ1) is 18.7. The van der Waals surface area contributed by atoms with Gasteiger partial charge in [-0.15, -0.1) is 0 Å². The van der Waals surface area contributed by atoms with Crippen molar-refractivity contribution in [2.24, 2.45) is 0 Å². The third kappa shape index (κ3) is 4.95. The first-order chi connectivity index (χ1) is 11.2. The molecule has 0 saturated carbocycles. The molecule has 0 radical (unpaired) electrons. The fourth-order valence-electron chi connectivity index (χ4n) is 3.11. The number of sulfonamides is 1. The van der Waals surface area contributed by atoms with Crippen LogP contribution in [0.2, 0.25) is 0 Å². The van der Waals surface area contributed by atoms with Gasteiger partial charge in [0.2, 0.25) is 15.9 Å². The van der Waals surface area contributed by atoms with E-state index in [1.165, 1.54) is 6.26 Å². The van der Waals surface area contributed by atoms with Crippen molar-refractivity contribution in [2.75, 3.05) is 24.7 Å². The third-order valence-electron chi connectivity index (χ3n) is 4.40. The molecule has 1 aliphatic rings. The molecule has 1 heterocycles. The number of likely N-dealkylation sites (tertiary alicyclic amines) is 1. The Hall–Kier alpha value is -1.60. The standard InChI is InChI=1S/C17H27N3O3S/c1-12-6-5-7-13(2)16(12)18-14(3)17(21)20-10-8-15(9-11-20)19-24(4,22)23/h5-7,14-15,18-19H,8-11H2,1-4H3/t14-/m1/s1. The van der Waals surface area contributed by atoms with Gasteiger partial charge in [0.1, 0.15) is 6.04 Å². The normalized spacial score (nSPS) is 17.6. The maximum absolute atomic E-state index is 12.6. The number of nitrogens with one attached hydrogen (secondary N) is 2. The number of piperidine rings is 1. The molecule has 0 spiro atoms. The average molecular weight is 353 g/mol. The number of para-hydroxylation sites is 1. The Bertz CT molecular complexity index is 675. The lowest BCUT2D eigenvalue weighted by molar-refractivity contribution is -0.132. The number of rotatable bonds is 5. The topological polar surface area (TPSA) is 78.5 Å². The molecular formula is C17H27N3O3S. The molecule has 7 heteroatoms. The molecule has 1 amide bonds. The van der Waals surface area contributed by atoms with E-state index in [2.05, 4.69) is 10.0 Å². The highest BCUT2D eigenvalue weighted by Gasteiger charge is 2.27. The molecule has 0 unspecified atom stereocenters. The Morgan fingerprint density at radius 3 is 2.25 bits per heavy atom. The Labute approximate surface area is 144 Å². The maximum atomic E-state index is 12.6. The monoisotopic (exact) mass is 353 g/mol. The van der Waals surface area contributed by atoms with Crippen molar-refractivity contribution in [3.63, 3.8) is 0 Å². The van der Waals surface area contributed by atoms with Gasteiger partial charge in [-0.2, -0.15) is 0 Å². The number of hydrogen-bond donors (Lipinski definition) is 2. The lowest BCUT2D eigenvalue weighted by Gasteiger charge is -2.34. The Morgan fingerprint density at radius 1 is 1.21 bits per heavy atom. The predicted molar refractivity (Wildman–Crippen MR) is 96.6 cm³/mol. The van der Waals surface area contributed by atoms with Crippen LogP contribution in [0, 0.1) is 13.8 Å². The van der Waals surface area contributed by atoms with Crippen LogP contribution in [0.3, 0.4) is 0 Å². The van der Waals surface area contributed by atoms with Gasteiger partial charge in [-0.1, -0.05) is 18.2 Å². The molecule has 2 N–H and O–H groups in total. The van der Waals surface area contributed by atoms with Gasteiger partial charge in [-0.25, -0.2) is 13.1 Å². The van der Waals surface area contributed by atoms with E-state index in [0.717, 1.165) is 16.8 Å². The number of hydrogen-bond acceptors (Lipinski definition) is 4. The van der Waals surface area contributed by atoms with Gasteiger partial charge >= 0.3 is 0 Å². The molecule has 0 bridgehead atoms. The van der Waals surface area contributed by atoms with E-state index < -0.39 is 10.0 Å². The number of carbonyl (C=O) groups excluding carboxylic acids is 1. The molecule has 6 nitrogen and oxygen atoms in total. The predicted octanol–water partition coefficient (Wildman–Crippen LogP) is 1.64. The van der Waals surface area contributed by atoms with E-state index in [1.54, 1.807) is 0 Å². The largest absolute Gasteiger partial charge is 0.373 e. The first-order valence-corrected chi connectivity index (χ1v) is 10.2. The molecule has 1 saturated heterocycles. The number of nitrogens with zero attached hydrogens (tertiary/aromatic N) is 1. The highest BCUT2D eigenvalue weighted by Crippen LogP contribution is 2.21. The number of anilines is 1. The smallest absolute Gasteiger partial charge is 0.244 e. The summed E-state index contributed by atoms with van der Waals surface area (Å²) in [6.07, 6.45) is 2.46. The first-order valence-electron chi connectivity index (χ1n) is 8.26. The van der Waals surface area contributed by atoms with Crippen LogP contribution >= 0.6 is 0 Å². The maximum Gasteiger partial charge on any atom is 0.244 e. The fraction of sp³-hybridized carbons (Fsp3) is 0.588. The summed E-state index contributed by atoms with van der Waals surface area (Å²) >= 11 is 0. The lowest BCUT2D eigenvalue weighted by Crippen LogP contribution is -2.49. The van der Waals surface area contributed by atoms with Crippen molar-refractivity contribution in [1.82, 2.24) is 9.62 Å². The van der Waals surface area contributed by atoms with Crippen molar-refractivity contribution in [1.29, 1.82) is 0 Å². The van der Waals surface area contributed by atoms with E-state index in [4.69, 9.17) is 0 Å². The SMILES string of the molecule is Cc1cccc(C)c1N[C@H](C)C(=O)N1CCC(NS(C)(=O)=O)CC1. The lowest BCUT2D eigenvalue weighted by atomic mass is 10.0.